The average molecular weight is 258 g/mol. The summed E-state index contributed by atoms with van der Waals surface area (Å²) < 4.78 is 4.96. The Morgan fingerprint density at radius 1 is 1.38 bits per heavy atom. The summed E-state index contributed by atoms with van der Waals surface area (Å²) in [5, 5.41) is 4.26. The molecule has 0 radical (unpaired) electrons. The van der Waals surface area contributed by atoms with Crippen molar-refractivity contribution in [2.75, 3.05) is 11.9 Å². The molecule has 1 aromatic rings. The molecule has 84 valence electrons. The van der Waals surface area contributed by atoms with E-state index in [2.05, 4.69) is 5.32 Å². The zero-order chi connectivity index (χ0) is 11.5. The van der Waals surface area contributed by atoms with E-state index in [0.717, 1.165) is 5.69 Å². The smallest absolute Gasteiger partial charge is 0.331 e. The number of cyclic esters (lactones) is 1. The molecule has 0 saturated carbocycles. The van der Waals surface area contributed by atoms with Gasteiger partial charge in [-0.3, -0.25) is 0 Å². The first kappa shape index (κ1) is 11.3. The fourth-order valence-electron chi connectivity index (χ4n) is 1.37. The Hall–Kier alpha value is -1.19. The van der Waals surface area contributed by atoms with Crippen molar-refractivity contribution in [1.82, 2.24) is 0 Å². The maximum atomic E-state index is 10.8. The molecular weight excluding hydrogens is 249 g/mol. The van der Waals surface area contributed by atoms with Crippen LogP contribution in [0.2, 0.25) is 10.0 Å². The molecule has 1 unspecified atom stereocenters. The molecule has 0 aromatic heterocycles. The minimum Gasteiger partial charge on any atom is -0.453 e. The average Bonchev–Trinajstić information content (AvgIpc) is 2.66. The zero-order valence-corrected chi connectivity index (χ0v) is 9.76. The number of esters is 1. The van der Waals surface area contributed by atoms with Gasteiger partial charge < -0.3 is 10.1 Å². The molecule has 1 N–H and O–H groups in total. The molecular formula is C11H9Cl2NO2. The van der Waals surface area contributed by atoms with Crippen molar-refractivity contribution >= 4 is 34.9 Å². The van der Waals surface area contributed by atoms with Crippen molar-refractivity contribution in [1.29, 1.82) is 0 Å². The summed E-state index contributed by atoms with van der Waals surface area (Å²) in [5.74, 6) is -0.316. The number of hydrogen-bond donors (Lipinski definition) is 1. The number of benzene rings is 1. The van der Waals surface area contributed by atoms with Crippen molar-refractivity contribution < 1.29 is 9.53 Å². The second-order valence-electron chi connectivity index (χ2n) is 3.34. The molecule has 2 rings (SSSR count). The van der Waals surface area contributed by atoms with Crippen molar-refractivity contribution in [2.45, 2.75) is 6.10 Å². The van der Waals surface area contributed by atoms with E-state index in [4.69, 9.17) is 27.9 Å². The van der Waals surface area contributed by atoms with Crippen molar-refractivity contribution in [3.8, 4) is 0 Å². The van der Waals surface area contributed by atoms with Gasteiger partial charge in [0, 0.05) is 11.1 Å². The van der Waals surface area contributed by atoms with Crippen LogP contribution in [0, 0.1) is 0 Å². The molecule has 1 aliphatic rings. The van der Waals surface area contributed by atoms with Crippen LogP contribution in [0.1, 0.15) is 0 Å². The van der Waals surface area contributed by atoms with Crippen LogP contribution in [-0.2, 0) is 9.53 Å². The van der Waals surface area contributed by atoms with E-state index in [9.17, 15) is 4.79 Å². The van der Waals surface area contributed by atoms with E-state index < -0.39 is 0 Å². The quantitative estimate of drug-likeness (QED) is 0.847. The first-order valence-electron chi connectivity index (χ1n) is 4.73. The molecule has 1 aliphatic heterocycles. The summed E-state index contributed by atoms with van der Waals surface area (Å²) in [7, 11) is 0. The van der Waals surface area contributed by atoms with Crippen LogP contribution in [0.25, 0.3) is 0 Å². The number of ether oxygens (including phenoxy) is 1. The Kier molecular flexibility index (Phi) is 3.36. The first-order valence-corrected chi connectivity index (χ1v) is 5.48. The standard InChI is InChI=1S/C11H9Cl2NO2/c12-7-1-3-9(13)10(5-7)14-6-8-2-4-11(15)16-8/h1-5,8,14H,6H2. The fraction of sp³-hybridized carbons (Fsp3) is 0.182. The predicted molar refractivity (Wildman–Crippen MR) is 64.0 cm³/mol. The highest BCUT2D eigenvalue weighted by molar-refractivity contribution is 6.35. The van der Waals surface area contributed by atoms with Gasteiger partial charge in [-0.1, -0.05) is 23.2 Å². The van der Waals surface area contributed by atoms with Gasteiger partial charge in [0.1, 0.15) is 6.10 Å². The largest absolute Gasteiger partial charge is 0.453 e. The number of carbonyl (C=O) groups is 1. The van der Waals surface area contributed by atoms with E-state index in [0.29, 0.717) is 16.6 Å². The molecule has 0 spiro atoms. The lowest BCUT2D eigenvalue weighted by molar-refractivity contribution is -0.138. The number of carbonyl (C=O) groups excluding carboxylic acids is 1. The summed E-state index contributed by atoms with van der Waals surface area (Å²) >= 11 is 11.8. The van der Waals surface area contributed by atoms with E-state index in [-0.39, 0.29) is 12.1 Å². The Balaban J connectivity index is 1.97. The fourth-order valence-corrected chi connectivity index (χ4v) is 1.72. The van der Waals surface area contributed by atoms with Crippen molar-refractivity contribution in [3.05, 3.63) is 40.4 Å². The number of hydrogen-bond acceptors (Lipinski definition) is 3. The first-order chi connectivity index (χ1) is 7.65. The monoisotopic (exact) mass is 257 g/mol. The van der Waals surface area contributed by atoms with Crippen molar-refractivity contribution in [2.24, 2.45) is 0 Å². The highest BCUT2D eigenvalue weighted by Crippen LogP contribution is 2.25. The maximum Gasteiger partial charge on any atom is 0.331 e. The van der Waals surface area contributed by atoms with Crippen LogP contribution in [0.15, 0.2) is 30.4 Å². The summed E-state index contributed by atoms with van der Waals surface area (Å²) in [6, 6.07) is 5.15. The van der Waals surface area contributed by atoms with Gasteiger partial charge in [-0.05, 0) is 24.3 Å². The molecule has 3 nitrogen and oxygen atoms in total. The summed E-state index contributed by atoms with van der Waals surface area (Å²) in [5.41, 5.74) is 0.727. The summed E-state index contributed by atoms with van der Waals surface area (Å²) in [4.78, 5) is 10.8. The highest BCUT2D eigenvalue weighted by atomic mass is 35.5. The lowest BCUT2D eigenvalue weighted by Crippen LogP contribution is -2.19. The Morgan fingerprint density at radius 2 is 2.19 bits per heavy atom. The van der Waals surface area contributed by atoms with Gasteiger partial charge in [-0.15, -0.1) is 0 Å². The lowest BCUT2D eigenvalue weighted by Gasteiger charge is -2.12. The van der Waals surface area contributed by atoms with Crippen molar-refractivity contribution in [3.63, 3.8) is 0 Å². The van der Waals surface area contributed by atoms with Crippen LogP contribution in [-0.4, -0.2) is 18.6 Å². The number of nitrogens with one attached hydrogen (secondary N) is 1. The SMILES string of the molecule is O=C1C=CC(CNc2cc(Cl)ccc2Cl)O1. The third-order valence-electron chi connectivity index (χ3n) is 2.14. The predicted octanol–water partition coefficient (Wildman–Crippen LogP) is 2.89. The van der Waals surface area contributed by atoms with E-state index in [1.165, 1.54) is 6.08 Å². The second-order valence-corrected chi connectivity index (χ2v) is 4.18. The van der Waals surface area contributed by atoms with E-state index >= 15 is 0 Å². The summed E-state index contributed by atoms with van der Waals surface area (Å²) in [6.45, 7) is 0.475. The maximum absolute atomic E-state index is 10.8. The van der Waals surface area contributed by atoms with E-state index in [1.807, 2.05) is 0 Å². The van der Waals surface area contributed by atoms with Crippen LogP contribution < -0.4 is 5.32 Å². The molecule has 5 heteroatoms. The minimum atomic E-state index is -0.316. The Labute approximate surface area is 103 Å². The Morgan fingerprint density at radius 3 is 2.88 bits per heavy atom. The normalized spacial score (nSPS) is 18.6. The molecule has 0 bridgehead atoms. The van der Waals surface area contributed by atoms with Gasteiger partial charge in [0.2, 0.25) is 0 Å². The number of rotatable bonds is 3. The summed E-state index contributed by atoms with van der Waals surface area (Å²) in [6.07, 6.45) is 2.86. The van der Waals surface area contributed by atoms with Crippen LogP contribution in [0.5, 0.6) is 0 Å². The third-order valence-corrected chi connectivity index (χ3v) is 2.70. The molecule has 0 amide bonds. The third kappa shape index (κ3) is 2.68. The second kappa shape index (κ2) is 4.76. The zero-order valence-electron chi connectivity index (χ0n) is 8.24. The molecule has 0 aliphatic carbocycles. The van der Waals surface area contributed by atoms with Gasteiger partial charge in [-0.2, -0.15) is 0 Å². The lowest BCUT2D eigenvalue weighted by atomic mass is 10.3. The van der Waals surface area contributed by atoms with E-state index in [1.54, 1.807) is 24.3 Å². The molecule has 1 aromatic carbocycles. The van der Waals surface area contributed by atoms with Crippen LogP contribution in [0.4, 0.5) is 5.69 Å². The molecule has 0 saturated heterocycles. The van der Waals surface area contributed by atoms with Gasteiger partial charge in [0.15, 0.2) is 0 Å². The molecule has 0 fully saturated rings. The molecule has 16 heavy (non-hydrogen) atoms. The molecule has 1 heterocycles. The number of anilines is 1. The van der Waals surface area contributed by atoms with Crippen LogP contribution in [0.3, 0.4) is 0 Å². The topological polar surface area (TPSA) is 38.3 Å². The van der Waals surface area contributed by atoms with Gasteiger partial charge in [0.25, 0.3) is 0 Å². The minimum absolute atomic E-state index is 0.248. The number of halogens is 2. The molecule has 1 atom stereocenters. The Bertz CT molecular complexity index is 446. The van der Waals surface area contributed by atoms with Gasteiger partial charge >= 0.3 is 5.97 Å². The van der Waals surface area contributed by atoms with Gasteiger partial charge in [-0.25, -0.2) is 4.79 Å². The van der Waals surface area contributed by atoms with Gasteiger partial charge in [0.05, 0.1) is 17.3 Å². The van der Waals surface area contributed by atoms with Crippen LogP contribution >= 0.6 is 23.2 Å². The highest BCUT2D eigenvalue weighted by Gasteiger charge is 2.16.